The second kappa shape index (κ2) is 7.09. The van der Waals surface area contributed by atoms with Gasteiger partial charge in [0.2, 0.25) is 0 Å². The first-order valence-electron chi connectivity index (χ1n) is 7.17. The van der Waals surface area contributed by atoms with E-state index in [1.54, 1.807) is 12.1 Å². The molecule has 0 heterocycles. The summed E-state index contributed by atoms with van der Waals surface area (Å²) in [4.78, 5) is 2.13. The van der Waals surface area contributed by atoms with Crippen molar-refractivity contribution < 1.29 is 10.2 Å². The van der Waals surface area contributed by atoms with Gasteiger partial charge in [0.05, 0.1) is 5.60 Å². The molecule has 1 saturated carbocycles. The topological polar surface area (TPSA) is 43.7 Å². The predicted octanol–water partition coefficient (Wildman–Crippen LogP) is 3.37. The summed E-state index contributed by atoms with van der Waals surface area (Å²) in [6, 6.07) is 7.31. The van der Waals surface area contributed by atoms with Crippen LogP contribution in [0.25, 0.3) is 0 Å². The van der Waals surface area contributed by atoms with Gasteiger partial charge in [0.15, 0.2) is 0 Å². The van der Waals surface area contributed by atoms with Gasteiger partial charge < -0.3 is 15.1 Å². The van der Waals surface area contributed by atoms with Crippen LogP contribution in [0.15, 0.2) is 24.3 Å². The van der Waals surface area contributed by atoms with Crippen molar-refractivity contribution in [2.75, 3.05) is 20.6 Å². The minimum absolute atomic E-state index is 0. The van der Waals surface area contributed by atoms with E-state index < -0.39 is 5.60 Å². The van der Waals surface area contributed by atoms with E-state index in [0.29, 0.717) is 0 Å². The number of hydrogen-bond acceptors (Lipinski definition) is 3. The molecule has 2 N–H and O–H groups in total. The Bertz CT molecular complexity index is 394. The van der Waals surface area contributed by atoms with Gasteiger partial charge >= 0.3 is 0 Å². The van der Waals surface area contributed by atoms with Gasteiger partial charge in [0.25, 0.3) is 0 Å². The Morgan fingerprint density at radius 2 is 1.65 bits per heavy atom. The summed E-state index contributed by atoms with van der Waals surface area (Å²) in [5.41, 5.74) is 0.523. The summed E-state index contributed by atoms with van der Waals surface area (Å²) in [5, 5.41) is 20.4. The summed E-state index contributed by atoms with van der Waals surface area (Å²) in [6.07, 6.45) is 5.21. The minimum Gasteiger partial charge on any atom is -0.508 e. The van der Waals surface area contributed by atoms with Crippen molar-refractivity contribution in [3.63, 3.8) is 0 Å². The van der Waals surface area contributed by atoms with Crippen LogP contribution in [0.4, 0.5) is 0 Å². The zero-order valence-corrected chi connectivity index (χ0v) is 12.0. The van der Waals surface area contributed by atoms with E-state index in [-0.39, 0.29) is 19.1 Å². The first-order valence-corrected chi connectivity index (χ1v) is 7.17. The Balaban J connectivity index is 0.00000200. The van der Waals surface area contributed by atoms with Crippen molar-refractivity contribution in [1.82, 2.24) is 4.90 Å². The van der Waals surface area contributed by atoms with Crippen LogP contribution in [0.5, 0.6) is 5.75 Å². The second-order valence-corrected chi connectivity index (χ2v) is 6.07. The molecule has 0 radical (unpaired) electrons. The van der Waals surface area contributed by atoms with E-state index in [1.165, 1.54) is 6.42 Å². The lowest BCUT2D eigenvalue weighted by molar-refractivity contribution is -0.0277. The molecule has 1 atom stereocenters. The van der Waals surface area contributed by atoms with Gasteiger partial charge in [-0.2, -0.15) is 0 Å². The van der Waals surface area contributed by atoms with Gasteiger partial charge in [0.1, 0.15) is 5.75 Å². The van der Waals surface area contributed by atoms with Crippen LogP contribution in [0.3, 0.4) is 0 Å². The highest BCUT2D eigenvalue weighted by molar-refractivity contribution is 5.30. The maximum absolute atomic E-state index is 11.0. The maximum Gasteiger partial charge on any atom is 0.115 e. The van der Waals surface area contributed by atoms with Gasteiger partial charge in [0, 0.05) is 12.5 Å². The molecule has 0 spiro atoms. The molecule has 3 heteroatoms. The fourth-order valence-electron chi connectivity index (χ4n) is 3.17. The van der Waals surface area contributed by atoms with Crippen LogP contribution in [-0.2, 0) is 0 Å². The molecule has 3 nitrogen and oxygen atoms in total. The van der Waals surface area contributed by atoms with Crippen molar-refractivity contribution in [3.8, 4) is 5.75 Å². The van der Waals surface area contributed by atoms with E-state index in [0.717, 1.165) is 37.8 Å². The molecule has 1 fully saturated rings. The average Bonchev–Trinajstić information content (AvgIpc) is 2.38. The smallest absolute Gasteiger partial charge is 0.115 e. The van der Waals surface area contributed by atoms with Crippen molar-refractivity contribution in [3.05, 3.63) is 29.8 Å². The molecule has 0 aromatic heterocycles. The second-order valence-electron chi connectivity index (χ2n) is 6.07. The standard InChI is InChI=1S/C16H25NO2.CH4/c1-17(2)12-15(13-6-8-14(18)9-7-13)16(19)10-4-3-5-11-16;/h6-9,15,18-19H,3-5,10-12H2,1-2H3;1H4/t15-;/m0./s1. The van der Waals surface area contributed by atoms with Crippen LogP contribution >= 0.6 is 0 Å². The van der Waals surface area contributed by atoms with Gasteiger partial charge in [-0.05, 0) is 44.6 Å². The number of phenols is 1. The predicted molar refractivity (Wildman–Crippen MR) is 84.2 cm³/mol. The van der Waals surface area contributed by atoms with Crippen LogP contribution < -0.4 is 0 Å². The van der Waals surface area contributed by atoms with Gasteiger partial charge in [-0.25, -0.2) is 0 Å². The first kappa shape index (κ1) is 17.0. The Labute approximate surface area is 123 Å². The molecule has 20 heavy (non-hydrogen) atoms. The molecule has 0 unspecified atom stereocenters. The molecule has 1 aromatic rings. The SMILES string of the molecule is C.CN(C)C[C@@H](c1ccc(O)cc1)C1(O)CCCCC1. The number of phenolic OH excluding ortho intramolecular Hbond substituents is 1. The van der Waals surface area contributed by atoms with E-state index in [4.69, 9.17) is 0 Å². The van der Waals surface area contributed by atoms with Crippen LogP contribution in [-0.4, -0.2) is 41.4 Å². The molecular formula is C17H29NO2. The van der Waals surface area contributed by atoms with Crippen LogP contribution in [0.1, 0.15) is 51.0 Å². The monoisotopic (exact) mass is 279 g/mol. The lowest BCUT2D eigenvalue weighted by Crippen LogP contribution is -2.42. The quantitative estimate of drug-likeness (QED) is 0.888. The molecule has 0 saturated heterocycles. The lowest BCUT2D eigenvalue weighted by Gasteiger charge is -2.40. The molecule has 1 aliphatic carbocycles. The summed E-state index contributed by atoms with van der Waals surface area (Å²) in [5.74, 6) is 0.395. The fraction of sp³-hybridized carbons (Fsp3) is 0.647. The number of likely N-dealkylation sites (N-methyl/N-ethyl adjacent to an activating group) is 1. The van der Waals surface area contributed by atoms with Gasteiger partial charge in [-0.3, -0.25) is 0 Å². The van der Waals surface area contributed by atoms with Crippen molar-refractivity contribution in [2.45, 2.75) is 51.0 Å². The highest BCUT2D eigenvalue weighted by Gasteiger charge is 2.38. The van der Waals surface area contributed by atoms with E-state index >= 15 is 0 Å². The fourth-order valence-corrected chi connectivity index (χ4v) is 3.17. The molecule has 114 valence electrons. The Hall–Kier alpha value is -1.06. The maximum atomic E-state index is 11.0. The van der Waals surface area contributed by atoms with E-state index in [1.807, 2.05) is 26.2 Å². The summed E-state index contributed by atoms with van der Waals surface area (Å²) in [6.45, 7) is 0.835. The molecule has 1 aliphatic rings. The zero-order valence-electron chi connectivity index (χ0n) is 12.0. The Morgan fingerprint density at radius 1 is 1.10 bits per heavy atom. The number of aliphatic hydroxyl groups is 1. The highest BCUT2D eigenvalue weighted by Crippen LogP contribution is 2.40. The highest BCUT2D eigenvalue weighted by atomic mass is 16.3. The van der Waals surface area contributed by atoms with E-state index in [9.17, 15) is 10.2 Å². The summed E-state index contributed by atoms with van der Waals surface area (Å²) >= 11 is 0. The molecule has 0 aliphatic heterocycles. The van der Waals surface area contributed by atoms with Crippen molar-refractivity contribution >= 4 is 0 Å². The molecule has 2 rings (SSSR count). The zero-order chi connectivity index (χ0) is 13.9. The van der Waals surface area contributed by atoms with E-state index in [2.05, 4.69) is 4.90 Å². The number of hydrogen-bond donors (Lipinski definition) is 2. The molecule has 0 bridgehead atoms. The lowest BCUT2D eigenvalue weighted by atomic mass is 9.72. The number of rotatable bonds is 4. The minimum atomic E-state index is -0.598. The Morgan fingerprint density at radius 3 is 2.15 bits per heavy atom. The Kier molecular flexibility index (Phi) is 6.03. The van der Waals surface area contributed by atoms with Crippen molar-refractivity contribution in [2.24, 2.45) is 0 Å². The first-order chi connectivity index (χ1) is 9.01. The van der Waals surface area contributed by atoms with Gasteiger partial charge in [-0.1, -0.05) is 38.8 Å². The third-order valence-corrected chi connectivity index (χ3v) is 4.21. The average molecular weight is 279 g/mol. The van der Waals surface area contributed by atoms with Crippen molar-refractivity contribution in [1.29, 1.82) is 0 Å². The summed E-state index contributed by atoms with van der Waals surface area (Å²) in [7, 11) is 4.08. The number of aromatic hydroxyl groups is 1. The number of nitrogens with zero attached hydrogens (tertiary/aromatic N) is 1. The molecular weight excluding hydrogens is 250 g/mol. The molecule has 1 aromatic carbocycles. The van der Waals surface area contributed by atoms with Gasteiger partial charge in [-0.15, -0.1) is 0 Å². The third kappa shape index (κ3) is 3.97. The number of benzene rings is 1. The third-order valence-electron chi connectivity index (χ3n) is 4.21. The normalized spacial score (nSPS) is 19.4. The molecule has 0 amide bonds. The largest absolute Gasteiger partial charge is 0.508 e. The summed E-state index contributed by atoms with van der Waals surface area (Å²) < 4.78 is 0. The van der Waals surface area contributed by atoms with Crippen LogP contribution in [0.2, 0.25) is 0 Å². The van der Waals surface area contributed by atoms with Crippen LogP contribution in [0, 0.1) is 0 Å².